The number of para-hydroxylation sites is 1. The smallest absolute Gasteiger partial charge is 0.405 e. The second-order valence-corrected chi connectivity index (χ2v) is 6.63. The van der Waals surface area contributed by atoms with Crippen molar-refractivity contribution in [3.63, 3.8) is 0 Å². The van der Waals surface area contributed by atoms with Gasteiger partial charge in [0, 0.05) is 24.0 Å². The van der Waals surface area contributed by atoms with E-state index in [2.05, 4.69) is 15.0 Å². The van der Waals surface area contributed by atoms with E-state index >= 15 is 0 Å². The Balaban J connectivity index is 1.85. The van der Waals surface area contributed by atoms with Crippen LogP contribution in [-0.4, -0.2) is 35.7 Å². The first kappa shape index (κ1) is 20.2. The summed E-state index contributed by atoms with van der Waals surface area (Å²) < 4.78 is 41.2. The third-order valence-corrected chi connectivity index (χ3v) is 4.46. The number of aromatic nitrogens is 1. The standard InChI is InChI=1S/C17H20F3N3O2S/c1-3-16-22-13(11-26-16)9-23(2)10-15(24)21-8-12-6-4-5-7-14(12)25-17(18,19)20/h4-7,11H,3,8-10H2,1-2H3,(H,21,24). The molecule has 2 rings (SSSR count). The molecular weight excluding hydrogens is 367 g/mol. The number of aryl methyl sites for hydroxylation is 1. The van der Waals surface area contributed by atoms with Crippen molar-refractivity contribution in [2.75, 3.05) is 13.6 Å². The molecule has 0 unspecified atom stereocenters. The number of nitrogens with one attached hydrogen (secondary N) is 1. The zero-order valence-corrected chi connectivity index (χ0v) is 15.3. The van der Waals surface area contributed by atoms with Gasteiger partial charge in [-0.1, -0.05) is 25.1 Å². The lowest BCUT2D eigenvalue weighted by molar-refractivity contribution is -0.274. The summed E-state index contributed by atoms with van der Waals surface area (Å²) in [4.78, 5) is 18.3. The van der Waals surface area contributed by atoms with Crippen LogP contribution in [0.4, 0.5) is 13.2 Å². The molecule has 0 saturated carbocycles. The first-order valence-electron chi connectivity index (χ1n) is 7.99. The Bertz CT molecular complexity index is 734. The van der Waals surface area contributed by atoms with E-state index in [1.807, 2.05) is 12.3 Å². The molecule has 1 heterocycles. The normalized spacial score (nSPS) is 11.6. The molecule has 1 aromatic carbocycles. The average Bonchev–Trinajstić information content (AvgIpc) is 3.00. The summed E-state index contributed by atoms with van der Waals surface area (Å²) in [6.45, 7) is 2.62. The number of benzene rings is 1. The molecule has 0 fully saturated rings. The summed E-state index contributed by atoms with van der Waals surface area (Å²) >= 11 is 1.58. The van der Waals surface area contributed by atoms with E-state index in [4.69, 9.17) is 0 Å². The summed E-state index contributed by atoms with van der Waals surface area (Å²) in [5, 5.41) is 5.61. The Morgan fingerprint density at radius 1 is 1.35 bits per heavy atom. The SMILES string of the molecule is CCc1nc(CN(C)CC(=O)NCc2ccccc2OC(F)(F)F)cs1. The van der Waals surface area contributed by atoms with Gasteiger partial charge in [0.05, 0.1) is 17.2 Å². The predicted octanol–water partition coefficient (Wildman–Crippen LogP) is 3.35. The fourth-order valence-corrected chi connectivity index (χ4v) is 3.02. The molecule has 0 aliphatic heterocycles. The van der Waals surface area contributed by atoms with E-state index in [9.17, 15) is 18.0 Å². The lowest BCUT2D eigenvalue weighted by Gasteiger charge is -2.16. The number of hydrogen-bond donors (Lipinski definition) is 1. The van der Waals surface area contributed by atoms with Crippen molar-refractivity contribution in [1.29, 1.82) is 0 Å². The molecule has 142 valence electrons. The lowest BCUT2D eigenvalue weighted by atomic mass is 10.2. The molecule has 9 heteroatoms. The first-order chi connectivity index (χ1) is 12.3. The third kappa shape index (κ3) is 6.64. The highest BCUT2D eigenvalue weighted by Crippen LogP contribution is 2.26. The van der Waals surface area contributed by atoms with Crippen LogP contribution < -0.4 is 10.1 Å². The minimum Gasteiger partial charge on any atom is -0.405 e. The molecule has 0 bridgehead atoms. The Hall–Kier alpha value is -2.13. The van der Waals surface area contributed by atoms with Crippen molar-refractivity contribution in [2.24, 2.45) is 0 Å². The van der Waals surface area contributed by atoms with Gasteiger partial charge in [0.2, 0.25) is 5.91 Å². The molecule has 0 saturated heterocycles. The summed E-state index contributed by atoms with van der Waals surface area (Å²) in [5.41, 5.74) is 1.15. The van der Waals surface area contributed by atoms with Gasteiger partial charge in [-0.25, -0.2) is 4.98 Å². The molecule has 0 spiro atoms. The lowest BCUT2D eigenvalue weighted by Crippen LogP contribution is -2.34. The van der Waals surface area contributed by atoms with E-state index in [1.54, 1.807) is 29.4 Å². The fraction of sp³-hybridized carbons (Fsp3) is 0.412. The molecule has 0 aliphatic rings. The number of ether oxygens (including phenoxy) is 1. The quantitative estimate of drug-likeness (QED) is 0.755. The Kier molecular flexibility index (Phi) is 6.98. The van der Waals surface area contributed by atoms with Crippen molar-refractivity contribution >= 4 is 17.2 Å². The van der Waals surface area contributed by atoms with Gasteiger partial charge in [-0.15, -0.1) is 24.5 Å². The van der Waals surface area contributed by atoms with Crippen molar-refractivity contribution < 1.29 is 22.7 Å². The van der Waals surface area contributed by atoms with Crippen LogP contribution in [0.15, 0.2) is 29.6 Å². The van der Waals surface area contributed by atoms with Crippen LogP contribution in [0.5, 0.6) is 5.75 Å². The van der Waals surface area contributed by atoms with E-state index < -0.39 is 6.36 Å². The number of amides is 1. The van der Waals surface area contributed by atoms with Crippen LogP contribution in [0, 0.1) is 0 Å². The van der Waals surface area contributed by atoms with Crippen LogP contribution >= 0.6 is 11.3 Å². The topological polar surface area (TPSA) is 54.5 Å². The molecule has 1 aromatic heterocycles. The molecule has 0 aliphatic carbocycles. The number of hydrogen-bond acceptors (Lipinski definition) is 5. The number of thiazole rings is 1. The Labute approximate surface area is 153 Å². The summed E-state index contributed by atoms with van der Waals surface area (Å²) in [5.74, 6) is -0.608. The molecule has 2 aromatic rings. The summed E-state index contributed by atoms with van der Waals surface area (Å²) in [6, 6.07) is 5.73. The zero-order chi connectivity index (χ0) is 19.2. The number of halogens is 3. The molecule has 1 N–H and O–H groups in total. The van der Waals surface area contributed by atoms with Gasteiger partial charge in [0.15, 0.2) is 0 Å². The molecule has 5 nitrogen and oxygen atoms in total. The molecule has 0 radical (unpaired) electrons. The molecule has 0 atom stereocenters. The highest BCUT2D eigenvalue weighted by molar-refractivity contribution is 7.09. The van der Waals surface area contributed by atoms with Crippen LogP contribution in [-0.2, 0) is 24.3 Å². The minimum absolute atomic E-state index is 0.0460. The maximum Gasteiger partial charge on any atom is 0.573 e. The number of carbonyl (C=O) groups excluding carboxylic acids is 1. The van der Waals surface area contributed by atoms with Gasteiger partial charge in [0.25, 0.3) is 0 Å². The number of nitrogens with zero attached hydrogens (tertiary/aromatic N) is 2. The van der Waals surface area contributed by atoms with E-state index in [-0.39, 0.29) is 30.3 Å². The molecule has 26 heavy (non-hydrogen) atoms. The van der Waals surface area contributed by atoms with Crippen molar-refractivity contribution in [3.05, 3.63) is 45.9 Å². The second-order valence-electron chi connectivity index (χ2n) is 5.69. The average molecular weight is 387 g/mol. The second kappa shape index (κ2) is 9.00. The Morgan fingerprint density at radius 3 is 2.73 bits per heavy atom. The van der Waals surface area contributed by atoms with Crippen molar-refractivity contribution in [3.8, 4) is 5.75 Å². The fourth-order valence-electron chi connectivity index (χ4n) is 2.29. The number of carbonyl (C=O) groups is 1. The van der Waals surface area contributed by atoms with Crippen LogP contribution in [0.25, 0.3) is 0 Å². The monoisotopic (exact) mass is 387 g/mol. The highest BCUT2D eigenvalue weighted by Gasteiger charge is 2.31. The molecular formula is C17H20F3N3O2S. The van der Waals surface area contributed by atoms with E-state index in [0.29, 0.717) is 6.54 Å². The minimum atomic E-state index is -4.77. The van der Waals surface area contributed by atoms with E-state index in [0.717, 1.165) is 17.1 Å². The van der Waals surface area contributed by atoms with Crippen molar-refractivity contribution in [1.82, 2.24) is 15.2 Å². The maximum atomic E-state index is 12.4. The number of likely N-dealkylation sites (N-methyl/N-ethyl adjacent to an activating group) is 1. The van der Waals surface area contributed by atoms with Crippen molar-refractivity contribution in [2.45, 2.75) is 32.8 Å². The summed E-state index contributed by atoms with van der Waals surface area (Å²) in [6.07, 6.45) is -3.90. The number of rotatable bonds is 8. The maximum absolute atomic E-state index is 12.4. The van der Waals surface area contributed by atoms with Gasteiger partial charge in [0.1, 0.15) is 5.75 Å². The summed E-state index contributed by atoms with van der Waals surface area (Å²) in [7, 11) is 1.78. The predicted molar refractivity (Wildman–Crippen MR) is 92.8 cm³/mol. The van der Waals surface area contributed by atoms with Crippen LogP contribution in [0.2, 0.25) is 0 Å². The van der Waals surface area contributed by atoms with Crippen LogP contribution in [0.3, 0.4) is 0 Å². The van der Waals surface area contributed by atoms with Gasteiger partial charge in [-0.3, -0.25) is 9.69 Å². The van der Waals surface area contributed by atoms with Gasteiger partial charge in [-0.05, 0) is 19.5 Å². The van der Waals surface area contributed by atoms with E-state index in [1.165, 1.54) is 18.2 Å². The van der Waals surface area contributed by atoms with Crippen LogP contribution in [0.1, 0.15) is 23.2 Å². The van der Waals surface area contributed by atoms with Gasteiger partial charge in [-0.2, -0.15) is 0 Å². The zero-order valence-electron chi connectivity index (χ0n) is 14.5. The molecule has 1 amide bonds. The third-order valence-electron chi connectivity index (χ3n) is 3.42. The largest absolute Gasteiger partial charge is 0.573 e. The van der Waals surface area contributed by atoms with Gasteiger partial charge < -0.3 is 10.1 Å². The Morgan fingerprint density at radius 2 is 2.08 bits per heavy atom. The highest BCUT2D eigenvalue weighted by atomic mass is 32.1. The first-order valence-corrected chi connectivity index (χ1v) is 8.87. The van der Waals surface area contributed by atoms with Gasteiger partial charge >= 0.3 is 6.36 Å². The number of alkyl halides is 3.